The molecule has 0 heterocycles. The summed E-state index contributed by atoms with van der Waals surface area (Å²) in [6.07, 6.45) is 0.675. The van der Waals surface area contributed by atoms with Gasteiger partial charge in [0.2, 0.25) is 0 Å². The van der Waals surface area contributed by atoms with Gasteiger partial charge in [-0.05, 0) is 38.5 Å². The number of carbonyl (C=O) groups is 1. The van der Waals surface area contributed by atoms with Gasteiger partial charge in [0, 0.05) is 5.56 Å². The number of aryl methyl sites for hydroxylation is 1. The van der Waals surface area contributed by atoms with Crippen LogP contribution in [0, 0.1) is 6.92 Å². The predicted molar refractivity (Wildman–Crippen MR) is 58.9 cm³/mol. The Kier molecular flexibility index (Phi) is 3.29. The minimum Gasteiger partial charge on any atom is -0.298 e. The van der Waals surface area contributed by atoms with Crippen LogP contribution in [0.25, 0.3) is 0 Å². The van der Waals surface area contributed by atoms with Crippen molar-refractivity contribution in [2.45, 2.75) is 30.9 Å². The molecule has 0 amide bonds. The average Bonchev–Trinajstić information content (AvgIpc) is 2.18. The van der Waals surface area contributed by atoms with Crippen molar-refractivity contribution in [3.8, 4) is 0 Å². The van der Waals surface area contributed by atoms with Crippen LogP contribution in [-0.4, -0.2) is 20.0 Å². The summed E-state index contributed by atoms with van der Waals surface area (Å²) in [6, 6.07) is 4.62. The molecule has 0 bridgehead atoms. The molecule has 1 aromatic carbocycles. The molecule has 0 atom stereocenters. The Balaban J connectivity index is 3.35. The zero-order valence-corrected chi connectivity index (χ0v) is 9.84. The van der Waals surface area contributed by atoms with Gasteiger partial charge >= 0.3 is 0 Å². The lowest BCUT2D eigenvalue weighted by atomic mass is 10.1. The Hall–Kier alpha value is -1.16. The number of rotatable bonds is 3. The van der Waals surface area contributed by atoms with Crippen LogP contribution in [-0.2, 0) is 9.84 Å². The van der Waals surface area contributed by atoms with Crippen LogP contribution in [0.1, 0.15) is 29.8 Å². The van der Waals surface area contributed by atoms with Crippen LogP contribution >= 0.6 is 0 Å². The number of hydrogen-bond acceptors (Lipinski definition) is 3. The summed E-state index contributed by atoms with van der Waals surface area (Å²) in [5.74, 6) is 0. The number of benzene rings is 1. The molecule has 0 N–H and O–H groups in total. The molecule has 15 heavy (non-hydrogen) atoms. The van der Waals surface area contributed by atoms with E-state index in [4.69, 9.17) is 0 Å². The molecule has 0 saturated heterocycles. The summed E-state index contributed by atoms with van der Waals surface area (Å²) >= 11 is 0. The highest BCUT2D eigenvalue weighted by Crippen LogP contribution is 2.18. The van der Waals surface area contributed by atoms with E-state index in [9.17, 15) is 13.2 Å². The lowest BCUT2D eigenvalue weighted by Gasteiger charge is -2.08. The van der Waals surface area contributed by atoms with Crippen molar-refractivity contribution in [2.75, 3.05) is 0 Å². The van der Waals surface area contributed by atoms with Crippen molar-refractivity contribution >= 4 is 16.1 Å². The molecule has 0 radical (unpaired) electrons. The molecule has 0 aliphatic carbocycles. The van der Waals surface area contributed by atoms with Crippen molar-refractivity contribution in [1.29, 1.82) is 0 Å². The minimum absolute atomic E-state index is 0.213. The van der Waals surface area contributed by atoms with E-state index < -0.39 is 15.1 Å². The molecule has 4 heteroatoms. The number of hydrogen-bond donors (Lipinski definition) is 0. The van der Waals surface area contributed by atoms with E-state index in [0.29, 0.717) is 11.8 Å². The van der Waals surface area contributed by atoms with Gasteiger partial charge in [0.05, 0.1) is 10.1 Å². The lowest BCUT2D eigenvalue weighted by molar-refractivity contribution is 0.112. The summed E-state index contributed by atoms with van der Waals surface area (Å²) in [4.78, 5) is 10.9. The van der Waals surface area contributed by atoms with E-state index >= 15 is 0 Å². The summed E-state index contributed by atoms with van der Waals surface area (Å²) in [5.41, 5.74) is 1.21. The molecule has 1 aromatic rings. The van der Waals surface area contributed by atoms with Crippen LogP contribution in [0.15, 0.2) is 23.1 Å². The third kappa shape index (κ3) is 2.26. The van der Waals surface area contributed by atoms with Crippen molar-refractivity contribution in [3.05, 3.63) is 29.3 Å². The fourth-order valence-corrected chi connectivity index (χ4v) is 2.29. The molecule has 82 valence electrons. The summed E-state index contributed by atoms with van der Waals surface area (Å²) in [7, 11) is -3.29. The van der Waals surface area contributed by atoms with Gasteiger partial charge in [-0.2, -0.15) is 0 Å². The maximum atomic E-state index is 11.8. The second kappa shape index (κ2) is 4.14. The van der Waals surface area contributed by atoms with Crippen molar-refractivity contribution < 1.29 is 13.2 Å². The van der Waals surface area contributed by atoms with Crippen LogP contribution in [0.4, 0.5) is 0 Å². The van der Waals surface area contributed by atoms with Crippen molar-refractivity contribution in [3.63, 3.8) is 0 Å². The van der Waals surface area contributed by atoms with Crippen LogP contribution in [0.3, 0.4) is 0 Å². The molecule has 0 fully saturated rings. The Morgan fingerprint density at radius 3 is 2.33 bits per heavy atom. The normalized spacial score (nSPS) is 11.7. The van der Waals surface area contributed by atoms with E-state index in [1.807, 2.05) is 0 Å². The van der Waals surface area contributed by atoms with Gasteiger partial charge in [-0.25, -0.2) is 8.42 Å². The third-order valence-corrected chi connectivity index (χ3v) is 4.48. The maximum Gasteiger partial charge on any atom is 0.180 e. The molecular formula is C11H14O3S. The Labute approximate surface area is 90.0 Å². The maximum absolute atomic E-state index is 11.8. The molecule has 0 unspecified atom stereocenters. The zero-order chi connectivity index (χ0) is 11.6. The predicted octanol–water partition coefficient (Wildman–Crippen LogP) is 1.99. The fourth-order valence-electron chi connectivity index (χ4n) is 1.19. The van der Waals surface area contributed by atoms with Gasteiger partial charge in [-0.1, -0.05) is 6.07 Å². The SMILES string of the molecule is Cc1ccc(S(=O)(=O)C(C)C)cc1C=O. The highest BCUT2D eigenvalue weighted by molar-refractivity contribution is 7.92. The van der Waals surface area contributed by atoms with Gasteiger partial charge in [-0.3, -0.25) is 4.79 Å². The van der Waals surface area contributed by atoms with Gasteiger partial charge < -0.3 is 0 Å². The summed E-state index contributed by atoms with van der Waals surface area (Å²) in [6.45, 7) is 5.01. The van der Waals surface area contributed by atoms with E-state index in [1.54, 1.807) is 26.8 Å². The summed E-state index contributed by atoms with van der Waals surface area (Å²) in [5, 5.41) is -0.472. The van der Waals surface area contributed by atoms with Gasteiger partial charge in [0.25, 0.3) is 0 Å². The molecule has 1 rings (SSSR count). The zero-order valence-electron chi connectivity index (χ0n) is 9.02. The first kappa shape index (κ1) is 11.9. The smallest absolute Gasteiger partial charge is 0.180 e. The van der Waals surface area contributed by atoms with Crippen LogP contribution < -0.4 is 0 Å². The fraction of sp³-hybridized carbons (Fsp3) is 0.364. The number of aldehydes is 1. The second-order valence-electron chi connectivity index (χ2n) is 3.73. The number of sulfone groups is 1. The first-order chi connectivity index (χ1) is 6.89. The van der Waals surface area contributed by atoms with E-state index in [-0.39, 0.29) is 4.90 Å². The average molecular weight is 226 g/mol. The molecule has 0 aromatic heterocycles. The molecule has 0 spiro atoms. The van der Waals surface area contributed by atoms with Gasteiger partial charge in [0.1, 0.15) is 6.29 Å². The standard InChI is InChI=1S/C11H14O3S/c1-8(2)15(13,14)11-5-4-9(3)10(6-11)7-12/h4-8H,1-3H3. The molecular weight excluding hydrogens is 212 g/mol. The molecule has 0 aliphatic heterocycles. The first-order valence-corrected chi connectivity index (χ1v) is 6.24. The van der Waals surface area contributed by atoms with Crippen LogP contribution in [0.5, 0.6) is 0 Å². The van der Waals surface area contributed by atoms with E-state index in [0.717, 1.165) is 5.56 Å². The quantitative estimate of drug-likeness (QED) is 0.741. The first-order valence-electron chi connectivity index (χ1n) is 4.69. The van der Waals surface area contributed by atoms with Crippen LogP contribution in [0.2, 0.25) is 0 Å². The molecule has 0 saturated carbocycles. The van der Waals surface area contributed by atoms with Crippen molar-refractivity contribution in [2.24, 2.45) is 0 Å². The van der Waals surface area contributed by atoms with E-state index in [1.165, 1.54) is 12.1 Å². The van der Waals surface area contributed by atoms with E-state index in [2.05, 4.69) is 0 Å². The summed E-state index contributed by atoms with van der Waals surface area (Å²) < 4.78 is 23.6. The van der Waals surface area contributed by atoms with Gasteiger partial charge in [-0.15, -0.1) is 0 Å². The molecule has 0 aliphatic rings. The van der Waals surface area contributed by atoms with Crippen molar-refractivity contribution in [1.82, 2.24) is 0 Å². The third-order valence-electron chi connectivity index (χ3n) is 2.33. The second-order valence-corrected chi connectivity index (χ2v) is 6.23. The lowest BCUT2D eigenvalue weighted by Crippen LogP contribution is -2.14. The monoisotopic (exact) mass is 226 g/mol. The highest BCUT2D eigenvalue weighted by atomic mass is 32.2. The highest BCUT2D eigenvalue weighted by Gasteiger charge is 2.19. The Bertz CT molecular complexity index is 473. The minimum atomic E-state index is -3.29. The van der Waals surface area contributed by atoms with Gasteiger partial charge in [0.15, 0.2) is 9.84 Å². The largest absolute Gasteiger partial charge is 0.298 e. The number of carbonyl (C=O) groups excluding carboxylic acids is 1. The topological polar surface area (TPSA) is 51.2 Å². The Morgan fingerprint density at radius 1 is 1.27 bits per heavy atom. The molecule has 3 nitrogen and oxygen atoms in total. The Morgan fingerprint density at radius 2 is 1.87 bits per heavy atom.